The van der Waals surface area contributed by atoms with Crippen molar-refractivity contribution in [3.63, 3.8) is 0 Å². The highest BCUT2D eigenvalue weighted by Gasteiger charge is 2.12. The predicted octanol–water partition coefficient (Wildman–Crippen LogP) is 2.23. The van der Waals surface area contributed by atoms with E-state index < -0.39 is 5.97 Å². The lowest BCUT2D eigenvalue weighted by Crippen LogP contribution is -2.14. The molecule has 3 nitrogen and oxygen atoms in total. The van der Waals surface area contributed by atoms with Gasteiger partial charge in [0.15, 0.2) is 0 Å². The third kappa shape index (κ3) is 2.93. The van der Waals surface area contributed by atoms with E-state index >= 15 is 0 Å². The molecule has 1 N–H and O–H groups in total. The Morgan fingerprint density at radius 3 is 2.54 bits per heavy atom. The third-order valence-electron chi connectivity index (χ3n) is 1.65. The van der Waals surface area contributed by atoms with Crippen molar-refractivity contribution in [2.24, 2.45) is 5.41 Å². The van der Waals surface area contributed by atoms with Gasteiger partial charge in [-0.15, -0.1) is 0 Å². The summed E-state index contributed by atoms with van der Waals surface area (Å²) < 4.78 is 1.91. The standard InChI is InChI=1S/C10H15NO2/c1-10(2,3)7-11-5-4-8(6-11)9(12)13/h4-6H,7H2,1-3H3,(H,12,13). The lowest BCUT2D eigenvalue weighted by Gasteiger charge is -2.18. The lowest BCUT2D eigenvalue weighted by molar-refractivity contribution is 0.0696. The van der Waals surface area contributed by atoms with Crippen LogP contribution in [0.2, 0.25) is 0 Å². The Labute approximate surface area is 78.0 Å². The number of nitrogens with zero attached hydrogens (tertiary/aromatic N) is 1. The molecule has 0 aliphatic heterocycles. The molecule has 1 rings (SSSR count). The smallest absolute Gasteiger partial charge is 0.337 e. The quantitative estimate of drug-likeness (QED) is 0.760. The van der Waals surface area contributed by atoms with Gasteiger partial charge in [-0.05, 0) is 11.5 Å². The van der Waals surface area contributed by atoms with E-state index in [2.05, 4.69) is 20.8 Å². The van der Waals surface area contributed by atoms with E-state index in [9.17, 15) is 4.79 Å². The molecule has 13 heavy (non-hydrogen) atoms. The summed E-state index contributed by atoms with van der Waals surface area (Å²) in [6.07, 6.45) is 3.46. The molecule has 0 aliphatic carbocycles. The molecular weight excluding hydrogens is 166 g/mol. The summed E-state index contributed by atoms with van der Waals surface area (Å²) in [6, 6.07) is 1.62. The van der Waals surface area contributed by atoms with Gasteiger partial charge in [0.1, 0.15) is 0 Å². The van der Waals surface area contributed by atoms with E-state index in [1.807, 2.05) is 4.57 Å². The molecule has 0 unspecified atom stereocenters. The average molecular weight is 181 g/mol. The van der Waals surface area contributed by atoms with Crippen LogP contribution in [0.15, 0.2) is 18.5 Å². The Morgan fingerprint density at radius 1 is 1.54 bits per heavy atom. The van der Waals surface area contributed by atoms with Crippen LogP contribution in [0.5, 0.6) is 0 Å². The summed E-state index contributed by atoms with van der Waals surface area (Å²) in [5.41, 5.74) is 0.527. The molecule has 0 amide bonds. The first-order chi connectivity index (χ1) is 5.88. The summed E-state index contributed by atoms with van der Waals surface area (Å²) in [4.78, 5) is 10.6. The van der Waals surface area contributed by atoms with Gasteiger partial charge in [-0.25, -0.2) is 4.79 Å². The zero-order valence-electron chi connectivity index (χ0n) is 8.24. The maximum atomic E-state index is 10.6. The van der Waals surface area contributed by atoms with Gasteiger partial charge in [0, 0.05) is 18.9 Å². The highest BCUT2D eigenvalue weighted by molar-refractivity contribution is 5.87. The van der Waals surface area contributed by atoms with Crippen LogP contribution in [0.3, 0.4) is 0 Å². The molecule has 72 valence electrons. The molecule has 1 aromatic rings. The van der Waals surface area contributed by atoms with Crippen LogP contribution in [0.4, 0.5) is 0 Å². The normalized spacial score (nSPS) is 11.6. The van der Waals surface area contributed by atoms with Crippen LogP contribution >= 0.6 is 0 Å². The monoisotopic (exact) mass is 181 g/mol. The van der Waals surface area contributed by atoms with Gasteiger partial charge >= 0.3 is 5.97 Å². The van der Waals surface area contributed by atoms with E-state index in [4.69, 9.17) is 5.11 Å². The second kappa shape index (κ2) is 3.24. The highest BCUT2D eigenvalue weighted by Crippen LogP contribution is 2.16. The van der Waals surface area contributed by atoms with Crippen molar-refractivity contribution < 1.29 is 9.90 Å². The van der Waals surface area contributed by atoms with Gasteiger partial charge in [-0.2, -0.15) is 0 Å². The van der Waals surface area contributed by atoms with Crippen LogP contribution in [0.25, 0.3) is 0 Å². The van der Waals surface area contributed by atoms with Crippen molar-refractivity contribution in [2.75, 3.05) is 0 Å². The molecule has 0 aliphatic rings. The average Bonchev–Trinajstić information content (AvgIpc) is 2.31. The van der Waals surface area contributed by atoms with Crippen molar-refractivity contribution in [1.29, 1.82) is 0 Å². The SMILES string of the molecule is CC(C)(C)Cn1ccc(C(=O)O)c1. The van der Waals surface area contributed by atoms with E-state index in [0.717, 1.165) is 6.54 Å². The maximum Gasteiger partial charge on any atom is 0.337 e. The fraction of sp³-hybridized carbons (Fsp3) is 0.500. The van der Waals surface area contributed by atoms with Crippen molar-refractivity contribution >= 4 is 5.97 Å². The number of hydrogen-bond acceptors (Lipinski definition) is 1. The van der Waals surface area contributed by atoms with Crippen LogP contribution in [0, 0.1) is 5.41 Å². The minimum Gasteiger partial charge on any atom is -0.478 e. The molecule has 0 spiro atoms. The predicted molar refractivity (Wildman–Crippen MR) is 50.8 cm³/mol. The summed E-state index contributed by atoms with van der Waals surface area (Å²) in [7, 11) is 0. The number of carboxylic acids is 1. The number of aromatic carboxylic acids is 1. The lowest BCUT2D eigenvalue weighted by atomic mass is 9.97. The Morgan fingerprint density at radius 2 is 2.15 bits per heavy atom. The number of rotatable bonds is 2. The zero-order chi connectivity index (χ0) is 10.1. The first kappa shape index (κ1) is 9.84. The van der Waals surface area contributed by atoms with Crippen molar-refractivity contribution in [1.82, 2.24) is 4.57 Å². The molecule has 0 aromatic carbocycles. The molecule has 0 radical (unpaired) electrons. The summed E-state index contributed by atoms with van der Waals surface area (Å²) >= 11 is 0. The Kier molecular flexibility index (Phi) is 2.45. The van der Waals surface area contributed by atoms with Gasteiger partial charge in [0.25, 0.3) is 0 Å². The maximum absolute atomic E-state index is 10.6. The number of carbonyl (C=O) groups is 1. The van der Waals surface area contributed by atoms with Crippen LogP contribution in [0.1, 0.15) is 31.1 Å². The van der Waals surface area contributed by atoms with E-state index in [1.165, 1.54) is 0 Å². The second-order valence-corrected chi connectivity index (χ2v) is 4.44. The number of aromatic nitrogens is 1. The molecule has 3 heteroatoms. The van der Waals surface area contributed by atoms with E-state index in [0.29, 0.717) is 5.56 Å². The molecule has 0 saturated heterocycles. The van der Waals surface area contributed by atoms with Crippen LogP contribution in [-0.2, 0) is 6.54 Å². The first-order valence-corrected chi connectivity index (χ1v) is 4.27. The van der Waals surface area contributed by atoms with Crippen molar-refractivity contribution in [2.45, 2.75) is 27.3 Å². The topological polar surface area (TPSA) is 42.2 Å². The van der Waals surface area contributed by atoms with Gasteiger partial charge in [-0.3, -0.25) is 0 Å². The minimum absolute atomic E-state index is 0.175. The number of carboxylic acid groups (broad SMARTS) is 1. The molecule has 0 saturated carbocycles. The molecule has 1 heterocycles. The fourth-order valence-electron chi connectivity index (χ4n) is 1.21. The molecule has 0 bridgehead atoms. The Balaban J connectivity index is 2.75. The van der Waals surface area contributed by atoms with Gasteiger partial charge in [0.05, 0.1) is 5.56 Å². The van der Waals surface area contributed by atoms with Crippen molar-refractivity contribution in [3.05, 3.63) is 24.0 Å². The van der Waals surface area contributed by atoms with Gasteiger partial charge in [-0.1, -0.05) is 20.8 Å². The summed E-state index contributed by atoms with van der Waals surface area (Å²) in [5, 5.41) is 8.68. The highest BCUT2D eigenvalue weighted by atomic mass is 16.4. The third-order valence-corrected chi connectivity index (χ3v) is 1.65. The van der Waals surface area contributed by atoms with Crippen LogP contribution in [-0.4, -0.2) is 15.6 Å². The Hall–Kier alpha value is -1.25. The van der Waals surface area contributed by atoms with Crippen molar-refractivity contribution in [3.8, 4) is 0 Å². The van der Waals surface area contributed by atoms with Gasteiger partial charge < -0.3 is 9.67 Å². The zero-order valence-corrected chi connectivity index (χ0v) is 8.24. The van der Waals surface area contributed by atoms with E-state index in [1.54, 1.807) is 18.5 Å². The first-order valence-electron chi connectivity index (χ1n) is 4.27. The molecular formula is C10H15NO2. The Bertz CT molecular complexity index is 307. The molecule has 1 aromatic heterocycles. The summed E-state index contributed by atoms with van der Waals surface area (Å²) in [6.45, 7) is 7.19. The summed E-state index contributed by atoms with van der Waals surface area (Å²) in [5.74, 6) is -0.868. The van der Waals surface area contributed by atoms with E-state index in [-0.39, 0.29) is 5.41 Å². The molecule has 0 atom stereocenters. The largest absolute Gasteiger partial charge is 0.478 e. The molecule has 0 fully saturated rings. The van der Waals surface area contributed by atoms with Crippen LogP contribution < -0.4 is 0 Å². The van der Waals surface area contributed by atoms with Gasteiger partial charge in [0.2, 0.25) is 0 Å². The second-order valence-electron chi connectivity index (χ2n) is 4.44. The minimum atomic E-state index is -0.868. The number of hydrogen-bond donors (Lipinski definition) is 1. The fourth-order valence-corrected chi connectivity index (χ4v) is 1.21.